The number of aliphatic imine (C=N–C) groups is 1. The van der Waals surface area contributed by atoms with Crippen LogP contribution in [0.4, 0.5) is 5.69 Å². The van der Waals surface area contributed by atoms with E-state index in [0.717, 1.165) is 11.8 Å². The molecule has 1 saturated carbocycles. The van der Waals surface area contributed by atoms with Gasteiger partial charge in [0.05, 0.1) is 6.04 Å². The summed E-state index contributed by atoms with van der Waals surface area (Å²) in [7, 11) is 4.17. The zero-order chi connectivity index (χ0) is 16.5. The van der Waals surface area contributed by atoms with E-state index >= 15 is 0 Å². The van der Waals surface area contributed by atoms with Gasteiger partial charge >= 0.3 is 0 Å². The van der Waals surface area contributed by atoms with Gasteiger partial charge in [0.25, 0.3) is 0 Å². The van der Waals surface area contributed by atoms with E-state index in [4.69, 9.17) is 4.99 Å². The van der Waals surface area contributed by atoms with Gasteiger partial charge in [-0.2, -0.15) is 0 Å². The van der Waals surface area contributed by atoms with Crippen LogP contribution in [-0.4, -0.2) is 26.4 Å². The number of anilines is 1. The fraction of sp³-hybridized carbons (Fsp3) is 0.591. The van der Waals surface area contributed by atoms with Crippen molar-refractivity contribution in [3.63, 3.8) is 0 Å². The number of benzene rings is 1. The van der Waals surface area contributed by atoms with Gasteiger partial charge in [0.1, 0.15) is 0 Å². The van der Waals surface area contributed by atoms with E-state index in [9.17, 15) is 0 Å². The molecule has 0 aromatic heterocycles. The molecule has 2 heteroatoms. The van der Waals surface area contributed by atoms with E-state index in [1.165, 1.54) is 62.6 Å². The van der Waals surface area contributed by atoms with Gasteiger partial charge < -0.3 is 4.90 Å². The Morgan fingerprint density at radius 3 is 2.58 bits per heavy atom. The Bertz CT molecular complexity index is 638. The zero-order valence-electron chi connectivity index (χ0n) is 15.2. The smallest absolute Gasteiger partial charge is 0.0596 e. The van der Waals surface area contributed by atoms with E-state index < -0.39 is 0 Å². The van der Waals surface area contributed by atoms with E-state index in [1.807, 2.05) is 11.1 Å². The first-order chi connectivity index (χ1) is 11.7. The second kappa shape index (κ2) is 6.74. The quantitative estimate of drug-likeness (QED) is 0.549. The van der Waals surface area contributed by atoms with Crippen molar-refractivity contribution in [3.8, 4) is 0 Å². The number of hydrogen-bond donors (Lipinski definition) is 0. The van der Waals surface area contributed by atoms with Crippen LogP contribution in [0.3, 0.4) is 0 Å². The molecule has 1 aromatic carbocycles. The van der Waals surface area contributed by atoms with Crippen molar-refractivity contribution in [1.29, 1.82) is 0 Å². The summed E-state index contributed by atoms with van der Waals surface area (Å²) in [5, 5.41) is 0. The summed E-state index contributed by atoms with van der Waals surface area (Å²) in [4.78, 5) is 7.27. The van der Waals surface area contributed by atoms with Gasteiger partial charge in [0, 0.05) is 31.9 Å². The fourth-order valence-electron chi connectivity index (χ4n) is 5.12. The van der Waals surface area contributed by atoms with Crippen LogP contribution in [0.15, 0.2) is 40.4 Å². The maximum Gasteiger partial charge on any atom is 0.0596 e. The van der Waals surface area contributed by atoms with Gasteiger partial charge in [-0.15, -0.1) is 0 Å². The summed E-state index contributed by atoms with van der Waals surface area (Å²) in [6.07, 6.45) is 13.2. The third-order valence-electron chi connectivity index (χ3n) is 6.38. The third-order valence-corrected chi connectivity index (χ3v) is 6.38. The molecule has 3 aliphatic carbocycles. The Morgan fingerprint density at radius 2 is 1.79 bits per heavy atom. The molecule has 1 fully saturated rings. The molecule has 128 valence electrons. The topological polar surface area (TPSA) is 15.6 Å². The molecule has 0 aliphatic heterocycles. The van der Waals surface area contributed by atoms with Crippen molar-refractivity contribution in [2.75, 3.05) is 19.0 Å². The lowest BCUT2D eigenvalue weighted by Crippen LogP contribution is -2.38. The molecule has 0 heterocycles. The number of nitrogens with zero attached hydrogens (tertiary/aromatic N) is 2. The van der Waals surface area contributed by atoms with Gasteiger partial charge in [0.15, 0.2) is 0 Å². The molecule has 0 saturated heterocycles. The summed E-state index contributed by atoms with van der Waals surface area (Å²) >= 11 is 0. The highest BCUT2D eigenvalue weighted by Crippen LogP contribution is 2.49. The number of hydrogen-bond acceptors (Lipinski definition) is 2. The molecule has 0 N–H and O–H groups in total. The molecule has 2 bridgehead atoms. The number of allylic oxidation sites excluding steroid dienone is 1. The highest BCUT2D eigenvalue weighted by molar-refractivity contribution is 5.80. The van der Waals surface area contributed by atoms with Gasteiger partial charge in [0.2, 0.25) is 0 Å². The predicted molar refractivity (Wildman–Crippen MR) is 103 cm³/mol. The van der Waals surface area contributed by atoms with E-state index in [1.54, 1.807) is 0 Å². The number of rotatable bonds is 3. The minimum atomic E-state index is 0.545. The third kappa shape index (κ3) is 3.03. The standard InChI is InChI=1S/C22H30N2/c1-24(2)19-12-10-16(11-13-19)15-23-22-18-7-5-9-21(22)20-8-4-3-6-17(20)14-18/h10-13,15,18,21-22H,3-9,14H2,1-2H3/t18-,21-,22-/m1/s1. The lowest BCUT2D eigenvalue weighted by Gasteiger charge is -2.44. The first-order valence-corrected chi connectivity index (χ1v) is 9.74. The second-order valence-electron chi connectivity index (χ2n) is 8.09. The van der Waals surface area contributed by atoms with E-state index in [-0.39, 0.29) is 0 Å². The van der Waals surface area contributed by atoms with Crippen molar-refractivity contribution in [2.24, 2.45) is 16.8 Å². The Morgan fingerprint density at radius 1 is 1.00 bits per heavy atom. The highest BCUT2D eigenvalue weighted by atomic mass is 15.1. The van der Waals surface area contributed by atoms with Crippen LogP contribution in [0.5, 0.6) is 0 Å². The molecule has 1 aromatic rings. The first-order valence-electron chi connectivity index (χ1n) is 9.74. The van der Waals surface area contributed by atoms with Crippen LogP contribution < -0.4 is 4.90 Å². The zero-order valence-corrected chi connectivity index (χ0v) is 15.2. The summed E-state index contributed by atoms with van der Waals surface area (Å²) in [5.74, 6) is 1.56. The molecule has 0 unspecified atom stereocenters. The SMILES string of the molecule is CN(C)c1ccc(C=N[C@@H]2[C@@H]3CCC[C@@H]2C2=C(CCCC2)C3)cc1. The average Bonchev–Trinajstić information content (AvgIpc) is 2.60. The van der Waals surface area contributed by atoms with Crippen molar-refractivity contribution in [3.05, 3.63) is 41.0 Å². The number of fused-ring (bicyclic) bond motifs is 3. The van der Waals surface area contributed by atoms with Crippen LogP contribution in [0.1, 0.15) is 56.9 Å². The molecule has 0 spiro atoms. The summed E-state index contributed by atoms with van der Waals surface area (Å²) in [6, 6.07) is 9.31. The molecule has 0 amide bonds. The van der Waals surface area contributed by atoms with E-state index in [0.29, 0.717) is 6.04 Å². The monoisotopic (exact) mass is 322 g/mol. The molecule has 3 atom stereocenters. The minimum absolute atomic E-state index is 0.545. The maximum absolute atomic E-state index is 5.13. The Kier molecular flexibility index (Phi) is 4.47. The molecular formula is C22H30N2. The van der Waals surface area contributed by atoms with Gasteiger partial charge in [-0.1, -0.05) is 29.7 Å². The molecule has 24 heavy (non-hydrogen) atoms. The fourth-order valence-corrected chi connectivity index (χ4v) is 5.12. The maximum atomic E-state index is 5.13. The predicted octanol–water partition coefficient (Wildman–Crippen LogP) is 5.23. The minimum Gasteiger partial charge on any atom is -0.378 e. The van der Waals surface area contributed by atoms with Crippen LogP contribution >= 0.6 is 0 Å². The van der Waals surface area contributed by atoms with Crippen molar-refractivity contribution in [2.45, 2.75) is 57.4 Å². The lowest BCUT2D eigenvalue weighted by atomic mass is 9.63. The largest absolute Gasteiger partial charge is 0.378 e. The molecule has 2 nitrogen and oxygen atoms in total. The van der Waals surface area contributed by atoms with Crippen LogP contribution in [0.2, 0.25) is 0 Å². The Hall–Kier alpha value is -1.57. The van der Waals surface area contributed by atoms with Crippen molar-refractivity contribution < 1.29 is 0 Å². The molecule has 0 radical (unpaired) electrons. The Labute approximate surface area is 146 Å². The van der Waals surface area contributed by atoms with E-state index in [2.05, 4.69) is 49.5 Å². The first kappa shape index (κ1) is 15.9. The lowest BCUT2D eigenvalue weighted by molar-refractivity contribution is 0.215. The normalized spacial score (nSPS) is 29.7. The average molecular weight is 322 g/mol. The summed E-state index contributed by atoms with van der Waals surface area (Å²) < 4.78 is 0. The Balaban J connectivity index is 1.54. The van der Waals surface area contributed by atoms with Gasteiger partial charge in [-0.25, -0.2) is 0 Å². The summed E-state index contributed by atoms with van der Waals surface area (Å²) in [5.41, 5.74) is 6.14. The molecule has 4 rings (SSSR count). The summed E-state index contributed by atoms with van der Waals surface area (Å²) in [6.45, 7) is 0. The van der Waals surface area contributed by atoms with Crippen molar-refractivity contribution in [1.82, 2.24) is 0 Å². The van der Waals surface area contributed by atoms with Crippen LogP contribution in [-0.2, 0) is 0 Å². The highest BCUT2D eigenvalue weighted by Gasteiger charge is 2.40. The van der Waals surface area contributed by atoms with Gasteiger partial charge in [-0.3, -0.25) is 4.99 Å². The van der Waals surface area contributed by atoms with Crippen molar-refractivity contribution >= 4 is 11.9 Å². The second-order valence-corrected chi connectivity index (χ2v) is 8.09. The van der Waals surface area contributed by atoms with Crippen LogP contribution in [0.25, 0.3) is 0 Å². The van der Waals surface area contributed by atoms with Crippen LogP contribution in [0, 0.1) is 11.8 Å². The molecule has 3 aliphatic rings. The molecular weight excluding hydrogens is 292 g/mol. The van der Waals surface area contributed by atoms with Gasteiger partial charge in [-0.05, 0) is 68.6 Å².